The molecule has 0 bridgehead atoms. The summed E-state index contributed by atoms with van der Waals surface area (Å²) < 4.78 is 5.31. The molecule has 0 aromatic rings. The van der Waals surface area contributed by atoms with Crippen LogP contribution in [0.4, 0.5) is 4.79 Å². The minimum absolute atomic E-state index is 0.142. The van der Waals surface area contributed by atoms with Crippen molar-refractivity contribution in [3.05, 3.63) is 36.5 Å². The monoisotopic (exact) mass is 264 g/mol. The number of carbonyl (C=O) groups is 1. The number of amides is 1. The van der Waals surface area contributed by atoms with Crippen LogP contribution in [0.2, 0.25) is 0 Å². The van der Waals surface area contributed by atoms with Crippen molar-refractivity contribution in [2.75, 3.05) is 13.2 Å². The van der Waals surface area contributed by atoms with Crippen LogP contribution in [0, 0.1) is 0 Å². The summed E-state index contributed by atoms with van der Waals surface area (Å²) in [6.07, 6.45) is 8.79. The number of hydrogen-bond acceptors (Lipinski definition) is 3. The molecule has 0 spiro atoms. The summed E-state index contributed by atoms with van der Waals surface area (Å²) in [5, 5.41) is 0. The van der Waals surface area contributed by atoms with Crippen LogP contribution in [0.15, 0.2) is 36.5 Å². The summed E-state index contributed by atoms with van der Waals surface area (Å²) in [7, 11) is 0. The highest BCUT2D eigenvalue weighted by atomic mass is 16.6. The van der Waals surface area contributed by atoms with Gasteiger partial charge in [-0.1, -0.05) is 30.9 Å². The Bertz CT molecular complexity index is 374. The molecule has 0 saturated carbocycles. The molecule has 0 aromatic heterocycles. The summed E-state index contributed by atoms with van der Waals surface area (Å²) in [6, 6.07) is 0.334. The van der Waals surface area contributed by atoms with E-state index in [9.17, 15) is 4.79 Å². The van der Waals surface area contributed by atoms with E-state index in [1.807, 2.05) is 32.1 Å². The van der Waals surface area contributed by atoms with Crippen LogP contribution in [-0.2, 0) is 4.74 Å². The quantitative estimate of drug-likeness (QED) is 0.794. The molecule has 19 heavy (non-hydrogen) atoms. The molecular formula is C15H24N2O2. The van der Waals surface area contributed by atoms with Crippen molar-refractivity contribution in [3.8, 4) is 0 Å². The van der Waals surface area contributed by atoms with Gasteiger partial charge in [-0.3, -0.25) is 0 Å². The Morgan fingerprint density at radius 2 is 2.32 bits per heavy atom. The molecule has 0 aliphatic carbocycles. The number of nitrogens with two attached hydrogens (primary N) is 1. The molecule has 1 unspecified atom stereocenters. The van der Waals surface area contributed by atoms with Crippen molar-refractivity contribution in [1.29, 1.82) is 0 Å². The van der Waals surface area contributed by atoms with Crippen molar-refractivity contribution < 1.29 is 9.53 Å². The van der Waals surface area contributed by atoms with Gasteiger partial charge >= 0.3 is 6.09 Å². The highest BCUT2D eigenvalue weighted by Gasteiger charge is 2.27. The lowest BCUT2D eigenvalue weighted by Crippen LogP contribution is -2.48. The molecule has 106 valence electrons. The van der Waals surface area contributed by atoms with Crippen LogP contribution in [0.5, 0.6) is 0 Å². The Morgan fingerprint density at radius 1 is 1.58 bits per heavy atom. The van der Waals surface area contributed by atoms with Gasteiger partial charge in [0.25, 0.3) is 0 Å². The molecule has 1 saturated heterocycles. The Morgan fingerprint density at radius 3 is 2.89 bits per heavy atom. The van der Waals surface area contributed by atoms with Crippen molar-refractivity contribution in [3.63, 3.8) is 0 Å². The Labute approximate surface area is 115 Å². The molecule has 1 aliphatic heterocycles. The third-order valence-corrected chi connectivity index (χ3v) is 3.28. The zero-order valence-corrected chi connectivity index (χ0v) is 11.8. The van der Waals surface area contributed by atoms with Crippen LogP contribution in [0.3, 0.4) is 0 Å². The number of allylic oxidation sites excluding steroid dienone is 3. The predicted octanol–water partition coefficient (Wildman–Crippen LogP) is 2.62. The fourth-order valence-electron chi connectivity index (χ4n) is 2.10. The summed E-state index contributed by atoms with van der Waals surface area (Å²) in [4.78, 5) is 13.7. The van der Waals surface area contributed by atoms with Crippen molar-refractivity contribution in [2.24, 2.45) is 5.73 Å². The van der Waals surface area contributed by atoms with Crippen molar-refractivity contribution in [2.45, 2.75) is 38.8 Å². The van der Waals surface area contributed by atoms with Crippen LogP contribution in [0.25, 0.3) is 0 Å². The molecule has 4 nitrogen and oxygen atoms in total. The lowest BCUT2D eigenvalue weighted by Gasteiger charge is -2.35. The molecule has 0 aromatic carbocycles. The van der Waals surface area contributed by atoms with E-state index in [0.29, 0.717) is 6.54 Å². The highest BCUT2D eigenvalue weighted by molar-refractivity contribution is 5.68. The van der Waals surface area contributed by atoms with E-state index < -0.39 is 0 Å². The second-order valence-corrected chi connectivity index (χ2v) is 4.85. The molecular weight excluding hydrogens is 240 g/mol. The van der Waals surface area contributed by atoms with E-state index >= 15 is 0 Å². The molecule has 1 amide bonds. The van der Waals surface area contributed by atoms with Crippen LogP contribution in [-0.4, -0.2) is 36.2 Å². The summed E-state index contributed by atoms with van der Waals surface area (Å²) >= 11 is 0. The van der Waals surface area contributed by atoms with Gasteiger partial charge in [0.1, 0.15) is 6.61 Å². The van der Waals surface area contributed by atoms with Gasteiger partial charge in [-0.05, 0) is 32.3 Å². The zero-order chi connectivity index (χ0) is 14.3. The van der Waals surface area contributed by atoms with Crippen molar-refractivity contribution >= 4 is 6.09 Å². The van der Waals surface area contributed by atoms with Gasteiger partial charge in [0.15, 0.2) is 0 Å². The third kappa shape index (κ3) is 4.91. The average Bonchev–Trinajstić information content (AvgIpc) is 2.38. The maximum Gasteiger partial charge on any atom is 0.410 e. The smallest absolute Gasteiger partial charge is 0.410 e. The third-order valence-electron chi connectivity index (χ3n) is 3.28. The molecule has 4 heteroatoms. The van der Waals surface area contributed by atoms with Crippen LogP contribution in [0.1, 0.15) is 26.7 Å². The molecule has 0 radical (unpaired) electrons. The van der Waals surface area contributed by atoms with E-state index in [1.165, 1.54) is 0 Å². The molecule has 1 aliphatic rings. The van der Waals surface area contributed by atoms with E-state index in [0.717, 1.165) is 18.4 Å². The fraction of sp³-hybridized carbons (Fsp3) is 0.533. The topological polar surface area (TPSA) is 55.6 Å². The molecule has 2 atom stereocenters. The normalized spacial score (nSPS) is 24.6. The summed E-state index contributed by atoms with van der Waals surface area (Å²) in [6.45, 7) is 8.56. The van der Waals surface area contributed by atoms with Gasteiger partial charge in [0, 0.05) is 18.6 Å². The highest BCUT2D eigenvalue weighted by Crippen LogP contribution is 2.17. The van der Waals surface area contributed by atoms with E-state index in [2.05, 4.69) is 6.58 Å². The van der Waals surface area contributed by atoms with E-state index in [1.54, 1.807) is 11.0 Å². The zero-order valence-electron chi connectivity index (χ0n) is 11.8. The first-order valence-corrected chi connectivity index (χ1v) is 6.71. The van der Waals surface area contributed by atoms with Gasteiger partial charge < -0.3 is 15.4 Å². The molecule has 2 N–H and O–H groups in total. The number of likely N-dealkylation sites (tertiary alicyclic amines) is 1. The standard InChI is InChI=1S/C15H24N2O2/c1-4-6-7-13(5-2)11-19-15(18)17-9-8-14(16)10-12(17)3/h4-7,12,14H,2,8-11,16H2,1,3H3/b6-4-,13-7+/t12-,14?/m0/s1. The Hall–Kier alpha value is -1.55. The van der Waals surface area contributed by atoms with Gasteiger partial charge in [-0.25, -0.2) is 4.79 Å². The maximum absolute atomic E-state index is 12.0. The van der Waals surface area contributed by atoms with Crippen molar-refractivity contribution in [1.82, 2.24) is 4.90 Å². The number of rotatable bonds is 4. The summed E-state index contributed by atoms with van der Waals surface area (Å²) in [5.41, 5.74) is 6.76. The number of carbonyl (C=O) groups excluding carboxylic acids is 1. The fourth-order valence-corrected chi connectivity index (χ4v) is 2.10. The van der Waals surface area contributed by atoms with Gasteiger partial charge in [0.05, 0.1) is 0 Å². The maximum atomic E-state index is 12.0. The van der Waals surface area contributed by atoms with Crippen LogP contribution >= 0.6 is 0 Å². The summed E-state index contributed by atoms with van der Waals surface area (Å²) in [5.74, 6) is 0. The second kappa shape index (κ2) is 7.79. The first-order valence-electron chi connectivity index (χ1n) is 6.71. The SMILES string of the molecule is C=C/C(=C\C=C/C)COC(=O)N1CCC(N)C[C@@H]1C. The first-order chi connectivity index (χ1) is 9.08. The van der Waals surface area contributed by atoms with Gasteiger partial charge in [0.2, 0.25) is 0 Å². The second-order valence-electron chi connectivity index (χ2n) is 4.85. The Kier molecular flexibility index (Phi) is 6.36. The molecule has 1 heterocycles. The number of ether oxygens (including phenoxy) is 1. The average molecular weight is 264 g/mol. The minimum atomic E-state index is -0.271. The van der Waals surface area contributed by atoms with E-state index in [-0.39, 0.29) is 24.8 Å². The minimum Gasteiger partial charge on any atom is -0.445 e. The van der Waals surface area contributed by atoms with Gasteiger partial charge in [-0.2, -0.15) is 0 Å². The Balaban J connectivity index is 2.48. The predicted molar refractivity (Wildman–Crippen MR) is 77.8 cm³/mol. The lowest BCUT2D eigenvalue weighted by molar-refractivity contribution is 0.0806. The van der Waals surface area contributed by atoms with E-state index in [4.69, 9.17) is 10.5 Å². The molecule has 1 fully saturated rings. The first kappa shape index (κ1) is 15.5. The lowest BCUT2D eigenvalue weighted by atomic mass is 10.00. The number of hydrogen-bond donors (Lipinski definition) is 1. The largest absolute Gasteiger partial charge is 0.445 e. The van der Waals surface area contributed by atoms with Crippen LogP contribution < -0.4 is 5.73 Å². The number of nitrogens with zero attached hydrogens (tertiary/aromatic N) is 1. The molecule has 1 rings (SSSR count). The number of piperidine rings is 1. The van der Waals surface area contributed by atoms with Gasteiger partial charge in [-0.15, -0.1) is 0 Å².